The lowest BCUT2D eigenvalue weighted by Gasteiger charge is -2.47. The number of piperidine rings is 2. The van der Waals surface area contributed by atoms with Crippen molar-refractivity contribution in [1.29, 1.82) is 0 Å². The van der Waals surface area contributed by atoms with Gasteiger partial charge in [0.25, 0.3) is 5.91 Å². The normalized spacial score (nSPS) is 20.2. The van der Waals surface area contributed by atoms with E-state index in [-0.39, 0.29) is 17.2 Å². The summed E-state index contributed by atoms with van der Waals surface area (Å²) in [4.78, 5) is 33.1. The molecule has 2 amide bonds. The molecule has 2 saturated heterocycles. The van der Waals surface area contributed by atoms with Crippen molar-refractivity contribution in [1.82, 2.24) is 20.1 Å². The van der Waals surface area contributed by atoms with Gasteiger partial charge in [0.1, 0.15) is 0 Å². The quantitative estimate of drug-likeness (QED) is 0.890. The first-order chi connectivity index (χ1) is 12.5. The van der Waals surface area contributed by atoms with Crippen LogP contribution < -0.4 is 5.32 Å². The van der Waals surface area contributed by atoms with E-state index in [1.165, 1.54) is 6.42 Å². The summed E-state index contributed by atoms with van der Waals surface area (Å²) >= 11 is 0. The molecule has 0 radical (unpaired) electrons. The fourth-order valence-electron chi connectivity index (χ4n) is 4.20. The fourth-order valence-corrected chi connectivity index (χ4v) is 4.20. The number of carbonyl (C=O) groups excluding carboxylic acids is 2. The third-order valence-corrected chi connectivity index (χ3v) is 5.95. The molecule has 2 aliphatic rings. The summed E-state index contributed by atoms with van der Waals surface area (Å²) in [5, 5.41) is 2.69. The van der Waals surface area contributed by atoms with Crippen LogP contribution in [0.15, 0.2) is 18.3 Å². The highest BCUT2D eigenvalue weighted by atomic mass is 16.2. The molecule has 0 aromatic carbocycles. The van der Waals surface area contributed by atoms with Crippen LogP contribution in [0.1, 0.15) is 48.7 Å². The molecule has 0 bridgehead atoms. The van der Waals surface area contributed by atoms with Gasteiger partial charge >= 0.3 is 0 Å². The number of nitrogens with zero attached hydrogens (tertiary/aromatic N) is 3. The van der Waals surface area contributed by atoms with Gasteiger partial charge in [-0.1, -0.05) is 6.92 Å². The van der Waals surface area contributed by atoms with E-state index in [4.69, 9.17) is 0 Å². The van der Waals surface area contributed by atoms with Crippen LogP contribution in [0.2, 0.25) is 0 Å². The number of carbonyl (C=O) groups is 2. The Morgan fingerprint density at radius 1 is 1.19 bits per heavy atom. The van der Waals surface area contributed by atoms with Crippen LogP contribution in [0.3, 0.4) is 0 Å². The molecule has 26 heavy (non-hydrogen) atoms. The topological polar surface area (TPSA) is 65.5 Å². The lowest BCUT2D eigenvalue weighted by atomic mass is 9.72. The molecule has 3 heterocycles. The molecule has 1 aromatic rings. The molecule has 0 unspecified atom stereocenters. The Morgan fingerprint density at radius 3 is 2.58 bits per heavy atom. The molecule has 1 aromatic heterocycles. The predicted octanol–water partition coefficient (Wildman–Crippen LogP) is 1.71. The Bertz CT molecular complexity index is 636. The summed E-state index contributed by atoms with van der Waals surface area (Å²) in [5.41, 5.74) is 1.92. The van der Waals surface area contributed by atoms with E-state index in [1.807, 2.05) is 17.0 Å². The van der Waals surface area contributed by atoms with Crippen molar-refractivity contribution in [2.45, 2.75) is 39.0 Å². The zero-order valence-corrected chi connectivity index (χ0v) is 16.0. The first-order valence-electron chi connectivity index (χ1n) is 9.72. The van der Waals surface area contributed by atoms with E-state index in [0.717, 1.165) is 57.6 Å². The second-order valence-electron chi connectivity index (χ2n) is 7.67. The summed E-state index contributed by atoms with van der Waals surface area (Å²) in [6.07, 6.45) is 6.95. The first kappa shape index (κ1) is 18.8. The average Bonchev–Trinajstić information content (AvgIpc) is 2.69. The van der Waals surface area contributed by atoms with Crippen LogP contribution >= 0.6 is 0 Å². The molecular formula is C20H30N4O2. The van der Waals surface area contributed by atoms with Gasteiger partial charge in [-0.05, 0) is 62.7 Å². The zero-order chi connectivity index (χ0) is 18.6. The zero-order valence-electron chi connectivity index (χ0n) is 16.0. The minimum absolute atomic E-state index is 0.0735. The van der Waals surface area contributed by atoms with Gasteiger partial charge in [0, 0.05) is 32.0 Å². The maximum atomic E-state index is 12.9. The van der Waals surface area contributed by atoms with Gasteiger partial charge in [0.15, 0.2) is 0 Å². The number of hydrogen-bond acceptors (Lipinski definition) is 4. The standard InChI is InChI=1S/C20H30N4O2/c1-3-17-6-5-16(13-22-17)19(26)24-10-4-7-20(15-24)8-11-23(12-9-20)14-18(25)21-2/h5-6,13H,3-4,7-12,14-15H2,1-2H3,(H,21,25). The molecule has 3 rings (SSSR count). The number of rotatable bonds is 4. The molecule has 142 valence electrons. The highest BCUT2D eigenvalue weighted by Gasteiger charge is 2.40. The fraction of sp³-hybridized carbons (Fsp3) is 0.650. The number of likely N-dealkylation sites (tertiary alicyclic amines) is 2. The van der Waals surface area contributed by atoms with Crippen molar-refractivity contribution < 1.29 is 9.59 Å². The van der Waals surface area contributed by atoms with Crippen molar-refractivity contribution in [3.63, 3.8) is 0 Å². The number of hydrogen-bond donors (Lipinski definition) is 1. The first-order valence-corrected chi connectivity index (χ1v) is 9.72. The molecule has 2 fully saturated rings. The second kappa shape index (κ2) is 8.16. The van der Waals surface area contributed by atoms with E-state index in [0.29, 0.717) is 12.1 Å². The molecule has 6 heteroatoms. The second-order valence-corrected chi connectivity index (χ2v) is 7.67. The van der Waals surface area contributed by atoms with E-state index in [1.54, 1.807) is 13.2 Å². The Labute approximate surface area is 156 Å². The molecular weight excluding hydrogens is 328 g/mol. The van der Waals surface area contributed by atoms with Crippen LogP contribution in [-0.2, 0) is 11.2 Å². The number of aromatic nitrogens is 1. The van der Waals surface area contributed by atoms with E-state index in [2.05, 4.69) is 22.1 Å². The van der Waals surface area contributed by atoms with Gasteiger partial charge < -0.3 is 10.2 Å². The maximum absolute atomic E-state index is 12.9. The number of pyridine rings is 1. The SMILES string of the molecule is CCc1ccc(C(=O)N2CCCC3(CCN(CC(=O)NC)CC3)C2)cn1. The summed E-state index contributed by atoms with van der Waals surface area (Å²) in [7, 11) is 1.68. The number of amides is 2. The van der Waals surface area contributed by atoms with E-state index >= 15 is 0 Å². The third kappa shape index (κ3) is 4.23. The van der Waals surface area contributed by atoms with Crippen molar-refractivity contribution in [2.24, 2.45) is 5.41 Å². The molecule has 1 spiro atoms. The number of aryl methyl sites for hydroxylation is 1. The van der Waals surface area contributed by atoms with Crippen molar-refractivity contribution in [3.8, 4) is 0 Å². The molecule has 0 aliphatic carbocycles. The Morgan fingerprint density at radius 2 is 1.96 bits per heavy atom. The summed E-state index contributed by atoms with van der Waals surface area (Å²) in [6, 6.07) is 3.85. The molecule has 1 N–H and O–H groups in total. The minimum Gasteiger partial charge on any atom is -0.358 e. The lowest BCUT2D eigenvalue weighted by Crippen LogP contribution is -2.52. The van der Waals surface area contributed by atoms with Crippen molar-refractivity contribution in [3.05, 3.63) is 29.6 Å². The Balaban J connectivity index is 1.60. The molecule has 0 atom stereocenters. The van der Waals surface area contributed by atoms with Gasteiger partial charge in [0.2, 0.25) is 5.91 Å². The number of nitrogens with one attached hydrogen (secondary N) is 1. The monoisotopic (exact) mass is 358 g/mol. The lowest BCUT2D eigenvalue weighted by molar-refractivity contribution is -0.122. The van der Waals surface area contributed by atoms with Crippen LogP contribution in [0, 0.1) is 5.41 Å². The van der Waals surface area contributed by atoms with Crippen LogP contribution in [0.25, 0.3) is 0 Å². The van der Waals surface area contributed by atoms with E-state index < -0.39 is 0 Å². The van der Waals surface area contributed by atoms with Crippen LogP contribution in [0.4, 0.5) is 0 Å². The maximum Gasteiger partial charge on any atom is 0.255 e. The third-order valence-electron chi connectivity index (χ3n) is 5.95. The minimum atomic E-state index is 0.0735. The molecule has 2 aliphatic heterocycles. The largest absolute Gasteiger partial charge is 0.358 e. The summed E-state index contributed by atoms with van der Waals surface area (Å²) < 4.78 is 0. The Kier molecular flexibility index (Phi) is 5.91. The van der Waals surface area contributed by atoms with E-state index in [9.17, 15) is 9.59 Å². The number of likely N-dealkylation sites (N-methyl/N-ethyl adjacent to an activating group) is 1. The van der Waals surface area contributed by atoms with Gasteiger partial charge in [-0.3, -0.25) is 19.5 Å². The summed E-state index contributed by atoms with van der Waals surface area (Å²) in [5.74, 6) is 0.177. The molecule has 0 saturated carbocycles. The van der Waals surface area contributed by atoms with Gasteiger partial charge in [0.05, 0.1) is 12.1 Å². The van der Waals surface area contributed by atoms with Gasteiger partial charge in [-0.2, -0.15) is 0 Å². The van der Waals surface area contributed by atoms with Crippen molar-refractivity contribution in [2.75, 3.05) is 39.8 Å². The predicted molar refractivity (Wildman–Crippen MR) is 101 cm³/mol. The average molecular weight is 358 g/mol. The van der Waals surface area contributed by atoms with Gasteiger partial charge in [-0.15, -0.1) is 0 Å². The summed E-state index contributed by atoms with van der Waals surface area (Å²) in [6.45, 7) is 6.07. The molecule has 6 nitrogen and oxygen atoms in total. The smallest absolute Gasteiger partial charge is 0.255 e. The van der Waals surface area contributed by atoms with Crippen molar-refractivity contribution >= 4 is 11.8 Å². The van der Waals surface area contributed by atoms with Crippen LogP contribution in [0.5, 0.6) is 0 Å². The Hall–Kier alpha value is -1.95. The highest BCUT2D eigenvalue weighted by molar-refractivity contribution is 5.94. The highest BCUT2D eigenvalue weighted by Crippen LogP contribution is 2.40. The van der Waals surface area contributed by atoms with Gasteiger partial charge in [-0.25, -0.2) is 0 Å². The van der Waals surface area contributed by atoms with Crippen LogP contribution in [-0.4, -0.2) is 66.4 Å².